The van der Waals surface area contributed by atoms with Crippen LogP contribution < -0.4 is 5.32 Å². The lowest BCUT2D eigenvalue weighted by molar-refractivity contribution is -0.144. The van der Waals surface area contributed by atoms with Crippen molar-refractivity contribution in [3.05, 3.63) is 0 Å². The number of ether oxygens (including phenoxy) is 1. The molecule has 2 rings (SSSR count). The van der Waals surface area contributed by atoms with Gasteiger partial charge in [-0.15, -0.1) is 0 Å². The molecule has 0 aromatic rings. The van der Waals surface area contributed by atoms with E-state index in [9.17, 15) is 9.90 Å². The molecule has 2 atom stereocenters. The summed E-state index contributed by atoms with van der Waals surface area (Å²) >= 11 is 0. The van der Waals surface area contributed by atoms with Crippen LogP contribution in [0.25, 0.3) is 0 Å². The van der Waals surface area contributed by atoms with Gasteiger partial charge in [0.15, 0.2) is 0 Å². The lowest BCUT2D eigenvalue weighted by atomic mass is 9.63. The number of hydrogen-bond donors (Lipinski definition) is 2. The van der Waals surface area contributed by atoms with Crippen molar-refractivity contribution in [2.45, 2.75) is 50.7 Å². The Morgan fingerprint density at radius 3 is 2.69 bits per heavy atom. The maximum absolute atomic E-state index is 12.1. The molecule has 0 unspecified atom stereocenters. The maximum Gasteiger partial charge on any atom is 0.228 e. The molecule has 4 nitrogen and oxygen atoms in total. The Morgan fingerprint density at radius 2 is 2.12 bits per heavy atom. The largest absolute Gasteiger partial charge is 0.393 e. The third-order valence-corrected chi connectivity index (χ3v) is 4.43. The van der Waals surface area contributed by atoms with Gasteiger partial charge in [0.1, 0.15) is 0 Å². The second kappa shape index (κ2) is 3.44. The third kappa shape index (κ3) is 1.32. The van der Waals surface area contributed by atoms with E-state index in [-0.39, 0.29) is 12.5 Å². The van der Waals surface area contributed by atoms with Crippen molar-refractivity contribution < 1.29 is 14.6 Å². The van der Waals surface area contributed by atoms with Crippen molar-refractivity contribution in [1.29, 1.82) is 0 Å². The molecule has 0 aromatic heterocycles. The Balaban J connectivity index is 2.41. The number of amides is 1. The highest BCUT2D eigenvalue weighted by Crippen LogP contribution is 2.58. The van der Waals surface area contributed by atoms with Gasteiger partial charge >= 0.3 is 0 Å². The number of rotatable bonds is 2. The zero-order valence-electron chi connectivity index (χ0n) is 10.3. The molecule has 2 fully saturated rings. The number of aliphatic hydroxyl groups is 1. The Morgan fingerprint density at radius 1 is 1.44 bits per heavy atom. The Bertz CT molecular complexity index is 315. The van der Waals surface area contributed by atoms with Crippen molar-refractivity contribution in [3.63, 3.8) is 0 Å². The van der Waals surface area contributed by atoms with Crippen molar-refractivity contribution in [2.24, 2.45) is 5.41 Å². The van der Waals surface area contributed by atoms with Crippen LogP contribution in [-0.4, -0.2) is 35.9 Å². The summed E-state index contributed by atoms with van der Waals surface area (Å²) in [6.07, 6.45) is 3.29. The Kier molecular flexibility index (Phi) is 2.55. The predicted octanol–water partition coefficient (Wildman–Crippen LogP) is 0.833. The van der Waals surface area contributed by atoms with E-state index in [0.717, 1.165) is 19.3 Å². The van der Waals surface area contributed by atoms with Gasteiger partial charge in [0.25, 0.3) is 0 Å². The second-order valence-corrected chi connectivity index (χ2v) is 5.65. The van der Waals surface area contributed by atoms with Crippen molar-refractivity contribution in [2.75, 3.05) is 13.7 Å². The van der Waals surface area contributed by atoms with Gasteiger partial charge in [-0.2, -0.15) is 0 Å². The van der Waals surface area contributed by atoms with E-state index < -0.39 is 16.6 Å². The van der Waals surface area contributed by atoms with E-state index in [0.29, 0.717) is 6.42 Å². The molecule has 1 aliphatic carbocycles. The predicted molar refractivity (Wildman–Crippen MR) is 59.9 cm³/mol. The van der Waals surface area contributed by atoms with Crippen LogP contribution in [-0.2, 0) is 9.53 Å². The summed E-state index contributed by atoms with van der Waals surface area (Å²) < 4.78 is 6.02. The van der Waals surface area contributed by atoms with Gasteiger partial charge < -0.3 is 15.2 Å². The zero-order chi connectivity index (χ0) is 12.0. The van der Waals surface area contributed by atoms with Crippen LogP contribution in [0.3, 0.4) is 0 Å². The highest BCUT2D eigenvalue weighted by Gasteiger charge is 2.65. The zero-order valence-corrected chi connectivity index (χ0v) is 10.3. The van der Waals surface area contributed by atoms with Gasteiger partial charge in [-0.05, 0) is 39.5 Å². The fourth-order valence-electron chi connectivity index (χ4n) is 3.55. The van der Waals surface area contributed by atoms with E-state index >= 15 is 0 Å². The Labute approximate surface area is 96.4 Å². The monoisotopic (exact) mass is 227 g/mol. The standard InChI is InChI=1S/C12H21NO3/c1-10(2)12(9(15)13-3)6-4-5-11(7-12,8-14)16-10/h14H,4-8H2,1-3H3,(H,13,15)/t11-,12+/m0/s1. The first kappa shape index (κ1) is 11.9. The molecular weight excluding hydrogens is 206 g/mol. The number of nitrogens with one attached hydrogen (secondary N) is 1. The fourth-order valence-corrected chi connectivity index (χ4v) is 3.55. The van der Waals surface area contributed by atoms with E-state index in [1.165, 1.54) is 0 Å². The molecule has 1 amide bonds. The smallest absolute Gasteiger partial charge is 0.228 e. The first-order chi connectivity index (χ1) is 7.41. The number of hydrogen-bond acceptors (Lipinski definition) is 3. The molecule has 1 saturated carbocycles. The maximum atomic E-state index is 12.1. The minimum Gasteiger partial charge on any atom is -0.393 e. The van der Waals surface area contributed by atoms with Gasteiger partial charge in [0.05, 0.1) is 23.2 Å². The van der Waals surface area contributed by atoms with E-state index in [1.807, 2.05) is 13.8 Å². The van der Waals surface area contributed by atoms with Gasteiger partial charge in [-0.25, -0.2) is 0 Å². The number of aliphatic hydroxyl groups excluding tert-OH is 1. The molecule has 4 heteroatoms. The summed E-state index contributed by atoms with van der Waals surface area (Å²) in [5.74, 6) is 0.0486. The summed E-state index contributed by atoms with van der Waals surface area (Å²) in [4.78, 5) is 12.1. The van der Waals surface area contributed by atoms with Crippen LogP contribution in [0.2, 0.25) is 0 Å². The van der Waals surface area contributed by atoms with Crippen LogP contribution in [0.4, 0.5) is 0 Å². The molecule has 2 aliphatic rings. The normalized spacial score (nSPS) is 40.8. The summed E-state index contributed by atoms with van der Waals surface area (Å²) in [7, 11) is 1.67. The molecule has 0 aromatic carbocycles. The van der Waals surface area contributed by atoms with Crippen molar-refractivity contribution in [3.8, 4) is 0 Å². The average Bonchev–Trinajstić information content (AvgIpc) is 2.42. The minimum atomic E-state index is -0.494. The van der Waals surface area contributed by atoms with E-state index in [2.05, 4.69) is 5.32 Å². The minimum absolute atomic E-state index is 0.00910. The highest BCUT2D eigenvalue weighted by atomic mass is 16.5. The van der Waals surface area contributed by atoms with E-state index in [4.69, 9.17) is 4.74 Å². The molecule has 1 aliphatic heterocycles. The quantitative estimate of drug-likeness (QED) is 0.734. The van der Waals surface area contributed by atoms with Gasteiger partial charge in [-0.1, -0.05) is 0 Å². The van der Waals surface area contributed by atoms with Gasteiger partial charge in [0.2, 0.25) is 5.91 Å². The Hall–Kier alpha value is -0.610. The molecule has 2 bridgehead atoms. The van der Waals surface area contributed by atoms with Crippen molar-refractivity contribution in [1.82, 2.24) is 5.32 Å². The highest BCUT2D eigenvalue weighted by molar-refractivity contribution is 5.84. The summed E-state index contributed by atoms with van der Waals surface area (Å²) in [5.41, 5.74) is -1.46. The summed E-state index contributed by atoms with van der Waals surface area (Å²) in [6, 6.07) is 0. The van der Waals surface area contributed by atoms with Crippen LogP contribution in [0.1, 0.15) is 39.5 Å². The molecule has 16 heavy (non-hydrogen) atoms. The number of carbonyl (C=O) groups excluding carboxylic acids is 1. The first-order valence-corrected chi connectivity index (χ1v) is 5.95. The molecule has 1 heterocycles. The van der Waals surface area contributed by atoms with Gasteiger partial charge in [0, 0.05) is 7.05 Å². The third-order valence-electron chi connectivity index (χ3n) is 4.43. The van der Waals surface area contributed by atoms with Crippen LogP contribution in [0.15, 0.2) is 0 Å². The lowest BCUT2D eigenvalue weighted by Crippen LogP contribution is -2.51. The van der Waals surface area contributed by atoms with Crippen LogP contribution >= 0.6 is 0 Å². The van der Waals surface area contributed by atoms with Crippen LogP contribution in [0, 0.1) is 5.41 Å². The summed E-state index contributed by atoms with van der Waals surface area (Å²) in [6.45, 7) is 3.94. The van der Waals surface area contributed by atoms with Crippen LogP contribution in [0.5, 0.6) is 0 Å². The first-order valence-electron chi connectivity index (χ1n) is 5.95. The lowest BCUT2D eigenvalue weighted by Gasteiger charge is -2.38. The second-order valence-electron chi connectivity index (χ2n) is 5.65. The molecule has 92 valence electrons. The van der Waals surface area contributed by atoms with E-state index in [1.54, 1.807) is 7.05 Å². The number of fused-ring (bicyclic) bond motifs is 2. The topological polar surface area (TPSA) is 58.6 Å². The molecule has 2 N–H and O–H groups in total. The van der Waals surface area contributed by atoms with Crippen molar-refractivity contribution >= 4 is 5.91 Å². The average molecular weight is 227 g/mol. The SMILES string of the molecule is CNC(=O)[C@@]12CCC[C@@](CO)(C1)OC2(C)C. The molecule has 0 spiro atoms. The number of carbonyl (C=O) groups is 1. The van der Waals surface area contributed by atoms with Gasteiger partial charge in [-0.3, -0.25) is 4.79 Å². The fraction of sp³-hybridized carbons (Fsp3) is 0.917. The molecule has 1 saturated heterocycles. The summed E-state index contributed by atoms with van der Waals surface area (Å²) in [5, 5.41) is 12.3. The molecule has 0 radical (unpaired) electrons. The molecular formula is C12H21NO3.